The molecule has 3 rings (SSSR count). The van der Waals surface area contributed by atoms with Gasteiger partial charge in [0.2, 0.25) is 5.95 Å². The van der Waals surface area contributed by atoms with Crippen molar-refractivity contribution in [1.29, 1.82) is 0 Å². The molecule has 2 aliphatic rings. The average molecular weight is 386 g/mol. The number of hydrogen-bond donors (Lipinski definition) is 1. The van der Waals surface area contributed by atoms with E-state index in [0.717, 1.165) is 12.8 Å². The molecule has 0 aromatic carbocycles. The first-order valence-corrected chi connectivity index (χ1v) is 9.41. The Labute approximate surface area is 164 Å². The number of nitrogens with one attached hydrogen (secondary N) is 1. The third-order valence-electron chi connectivity index (χ3n) is 5.07. The Kier molecular flexibility index (Phi) is 6.41. The predicted molar refractivity (Wildman–Crippen MR) is 104 cm³/mol. The number of ether oxygens (including phenoxy) is 2. The van der Waals surface area contributed by atoms with Gasteiger partial charge in [0, 0.05) is 26.3 Å². The number of amides is 1. The SMILES string of the molecule is COC(=O)[C@@H]1C[C@@H](OC)CN1C(=O)c1ccnc(N[C@@H](C)C2=CCCC=C2)n1. The first-order valence-electron chi connectivity index (χ1n) is 9.41. The molecular formula is C20H26N4O4. The lowest BCUT2D eigenvalue weighted by Crippen LogP contribution is -2.41. The lowest BCUT2D eigenvalue weighted by atomic mass is 10.0. The monoisotopic (exact) mass is 386 g/mol. The molecule has 0 radical (unpaired) electrons. The zero-order valence-corrected chi connectivity index (χ0v) is 16.4. The highest BCUT2D eigenvalue weighted by atomic mass is 16.5. The van der Waals surface area contributed by atoms with Crippen LogP contribution in [0.4, 0.5) is 5.95 Å². The Balaban J connectivity index is 1.75. The van der Waals surface area contributed by atoms with Gasteiger partial charge in [-0.2, -0.15) is 0 Å². The summed E-state index contributed by atoms with van der Waals surface area (Å²) in [7, 11) is 2.88. The van der Waals surface area contributed by atoms with Gasteiger partial charge >= 0.3 is 5.97 Å². The van der Waals surface area contributed by atoms with Crippen molar-refractivity contribution in [2.24, 2.45) is 0 Å². The van der Waals surface area contributed by atoms with Gasteiger partial charge in [0.05, 0.1) is 19.3 Å². The summed E-state index contributed by atoms with van der Waals surface area (Å²) in [5, 5.41) is 3.23. The van der Waals surface area contributed by atoms with Crippen LogP contribution in [0.1, 0.15) is 36.7 Å². The molecule has 1 aromatic heterocycles. The minimum atomic E-state index is -0.676. The van der Waals surface area contributed by atoms with Crippen molar-refractivity contribution >= 4 is 17.8 Å². The molecule has 8 heteroatoms. The molecule has 8 nitrogen and oxygen atoms in total. The summed E-state index contributed by atoms with van der Waals surface area (Å²) in [5.74, 6) is -0.426. The lowest BCUT2D eigenvalue weighted by molar-refractivity contribution is -0.145. The zero-order chi connectivity index (χ0) is 20.1. The molecule has 0 unspecified atom stereocenters. The summed E-state index contributed by atoms with van der Waals surface area (Å²) in [6.45, 7) is 2.34. The lowest BCUT2D eigenvalue weighted by Gasteiger charge is -2.22. The molecule has 1 aliphatic heterocycles. The summed E-state index contributed by atoms with van der Waals surface area (Å²) >= 11 is 0. The second-order valence-electron chi connectivity index (χ2n) is 6.91. The zero-order valence-electron chi connectivity index (χ0n) is 16.4. The van der Waals surface area contributed by atoms with E-state index in [1.807, 2.05) is 6.92 Å². The molecular weight excluding hydrogens is 360 g/mol. The molecule has 28 heavy (non-hydrogen) atoms. The van der Waals surface area contributed by atoms with Crippen LogP contribution in [-0.4, -0.2) is 65.7 Å². The van der Waals surface area contributed by atoms with Crippen molar-refractivity contribution in [3.8, 4) is 0 Å². The van der Waals surface area contributed by atoms with Gasteiger partial charge < -0.3 is 19.7 Å². The number of aromatic nitrogens is 2. The highest BCUT2D eigenvalue weighted by molar-refractivity contribution is 5.95. The molecule has 1 saturated heterocycles. The minimum Gasteiger partial charge on any atom is -0.467 e. The number of hydrogen-bond acceptors (Lipinski definition) is 7. The fourth-order valence-electron chi connectivity index (χ4n) is 3.48. The van der Waals surface area contributed by atoms with E-state index in [4.69, 9.17) is 9.47 Å². The van der Waals surface area contributed by atoms with Crippen LogP contribution in [0.3, 0.4) is 0 Å². The van der Waals surface area contributed by atoms with Crippen LogP contribution >= 0.6 is 0 Å². The molecule has 0 saturated carbocycles. The summed E-state index contributed by atoms with van der Waals surface area (Å²) in [6.07, 6.45) is 10.2. The quantitative estimate of drug-likeness (QED) is 0.747. The number of rotatable bonds is 6. The van der Waals surface area contributed by atoms with Gasteiger partial charge in [-0.25, -0.2) is 14.8 Å². The van der Waals surface area contributed by atoms with Crippen LogP contribution < -0.4 is 5.32 Å². The number of esters is 1. The number of likely N-dealkylation sites (tertiary alicyclic amines) is 1. The maximum absolute atomic E-state index is 13.0. The van der Waals surface area contributed by atoms with Crippen molar-refractivity contribution in [3.63, 3.8) is 0 Å². The Morgan fingerprint density at radius 2 is 2.14 bits per heavy atom. The number of nitrogens with zero attached hydrogens (tertiary/aromatic N) is 3. The molecule has 1 aliphatic carbocycles. The molecule has 2 heterocycles. The van der Waals surface area contributed by atoms with Crippen molar-refractivity contribution in [3.05, 3.63) is 41.8 Å². The molecule has 1 N–H and O–H groups in total. The third-order valence-corrected chi connectivity index (χ3v) is 5.07. The van der Waals surface area contributed by atoms with Crippen molar-refractivity contribution in [2.75, 3.05) is 26.1 Å². The van der Waals surface area contributed by atoms with Gasteiger partial charge in [0.25, 0.3) is 5.91 Å². The van der Waals surface area contributed by atoms with Crippen LogP contribution in [0.15, 0.2) is 36.1 Å². The van der Waals surface area contributed by atoms with Crippen LogP contribution in [-0.2, 0) is 14.3 Å². The van der Waals surface area contributed by atoms with Crippen LogP contribution in [0.25, 0.3) is 0 Å². The highest BCUT2D eigenvalue weighted by Gasteiger charge is 2.41. The number of carbonyl (C=O) groups is 2. The number of allylic oxidation sites excluding steroid dienone is 2. The second-order valence-corrected chi connectivity index (χ2v) is 6.91. The smallest absolute Gasteiger partial charge is 0.328 e. The van der Waals surface area contributed by atoms with Crippen LogP contribution in [0.2, 0.25) is 0 Å². The molecule has 1 fully saturated rings. The number of methoxy groups -OCH3 is 2. The normalized spacial score (nSPS) is 22.5. The molecule has 3 atom stereocenters. The molecule has 0 bridgehead atoms. The molecule has 150 valence electrons. The minimum absolute atomic E-state index is 0.0226. The van der Waals surface area contributed by atoms with Gasteiger partial charge in [-0.1, -0.05) is 18.2 Å². The predicted octanol–water partition coefficient (Wildman–Crippen LogP) is 1.96. The first kappa shape index (κ1) is 20.0. The summed E-state index contributed by atoms with van der Waals surface area (Å²) in [6, 6.07) is 0.895. The van der Waals surface area contributed by atoms with E-state index in [9.17, 15) is 9.59 Å². The maximum Gasteiger partial charge on any atom is 0.328 e. The number of carbonyl (C=O) groups excluding carboxylic acids is 2. The van der Waals surface area contributed by atoms with Crippen LogP contribution in [0.5, 0.6) is 0 Å². The largest absolute Gasteiger partial charge is 0.467 e. The Hall–Kier alpha value is -2.74. The van der Waals surface area contributed by atoms with Crippen molar-refractivity contribution in [2.45, 2.75) is 44.4 Å². The van der Waals surface area contributed by atoms with Gasteiger partial charge in [-0.3, -0.25) is 4.79 Å². The van der Waals surface area contributed by atoms with E-state index >= 15 is 0 Å². The Morgan fingerprint density at radius 1 is 1.32 bits per heavy atom. The third kappa shape index (κ3) is 4.39. The average Bonchev–Trinajstić information content (AvgIpc) is 3.18. The van der Waals surface area contributed by atoms with Crippen molar-refractivity contribution < 1.29 is 19.1 Å². The topological polar surface area (TPSA) is 93.7 Å². The number of anilines is 1. The summed E-state index contributed by atoms with van der Waals surface area (Å²) < 4.78 is 10.2. The summed E-state index contributed by atoms with van der Waals surface area (Å²) in [5.41, 5.74) is 1.39. The molecule has 0 spiro atoms. The van der Waals surface area contributed by atoms with E-state index in [1.165, 1.54) is 23.8 Å². The van der Waals surface area contributed by atoms with Crippen molar-refractivity contribution in [1.82, 2.24) is 14.9 Å². The standard InChI is InChI=1S/C20H26N4O4/c1-13(14-7-5-4-6-8-14)22-20-21-10-9-16(23-20)18(25)24-12-15(27-2)11-17(24)19(26)28-3/h5,7-10,13,15,17H,4,6,11-12H2,1-3H3,(H,21,22,23)/t13-,15+,17-/m0/s1. The molecule has 1 amide bonds. The first-order chi connectivity index (χ1) is 13.5. The van der Waals surface area contributed by atoms with E-state index in [2.05, 4.69) is 33.5 Å². The van der Waals surface area contributed by atoms with E-state index in [0.29, 0.717) is 18.9 Å². The fraction of sp³-hybridized carbons (Fsp3) is 0.500. The van der Waals surface area contributed by atoms with E-state index in [1.54, 1.807) is 13.2 Å². The maximum atomic E-state index is 13.0. The Bertz CT molecular complexity index is 792. The highest BCUT2D eigenvalue weighted by Crippen LogP contribution is 2.23. The van der Waals surface area contributed by atoms with E-state index in [-0.39, 0.29) is 23.7 Å². The van der Waals surface area contributed by atoms with Gasteiger partial charge in [0.1, 0.15) is 11.7 Å². The van der Waals surface area contributed by atoms with Gasteiger partial charge in [-0.15, -0.1) is 0 Å². The van der Waals surface area contributed by atoms with Gasteiger partial charge in [0.15, 0.2) is 0 Å². The Morgan fingerprint density at radius 3 is 2.82 bits per heavy atom. The van der Waals surface area contributed by atoms with Crippen LogP contribution in [0, 0.1) is 0 Å². The second kappa shape index (κ2) is 8.97. The van der Waals surface area contributed by atoms with Gasteiger partial charge in [-0.05, 0) is 31.4 Å². The fourth-order valence-corrected chi connectivity index (χ4v) is 3.48. The summed E-state index contributed by atoms with van der Waals surface area (Å²) in [4.78, 5) is 35.1. The van der Waals surface area contributed by atoms with E-state index < -0.39 is 12.0 Å². The molecule has 1 aromatic rings.